The molecule has 0 saturated carbocycles. The van der Waals surface area contributed by atoms with E-state index in [2.05, 4.69) is 39.4 Å². The van der Waals surface area contributed by atoms with Gasteiger partial charge >= 0.3 is 0 Å². The molecule has 1 aliphatic heterocycles. The molecule has 1 saturated heterocycles. The first kappa shape index (κ1) is 16.6. The molecular weight excluding hydrogens is 324 g/mol. The van der Waals surface area contributed by atoms with Crippen molar-refractivity contribution in [3.05, 3.63) is 66.1 Å². The lowest BCUT2D eigenvalue weighted by Crippen LogP contribution is -2.32. The minimum atomic E-state index is 0.0670. The molecule has 4 rings (SSSR count). The maximum absolute atomic E-state index is 12.6. The normalized spacial score (nSPS) is 17.8. The highest BCUT2D eigenvalue weighted by atomic mass is 16.2. The molecular formula is C21H22N4O. The number of carbonyl (C=O) groups excluding carboxylic acids is 1. The van der Waals surface area contributed by atoms with E-state index in [1.807, 2.05) is 17.2 Å². The van der Waals surface area contributed by atoms with E-state index in [1.54, 1.807) is 18.5 Å². The Kier molecular flexibility index (Phi) is 4.86. The van der Waals surface area contributed by atoms with E-state index < -0.39 is 0 Å². The number of benzene rings is 1. The average Bonchev–Trinajstić information content (AvgIpc) is 2.93. The number of hydrogen-bond acceptors (Lipinski definition) is 4. The first-order valence-corrected chi connectivity index (χ1v) is 9.19. The third-order valence-electron chi connectivity index (χ3n) is 5.16. The molecule has 3 heterocycles. The molecule has 2 aromatic heterocycles. The summed E-state index contributed by atoms with van der Waals surface area (Å²) < 4.78 is 0. The summed E-state index contributed by atoms with van der Waals surface area (Å²) in [6.07, 6.45) is 9.25. The van der Waals surface area contributed by atoms with Gasteiger partial charge in [0.15, 0.2) is 0 Å². The van der Waals surface area contributed by atoms with Gasteiger partial charge in [-0.15, -0.1) is 0 Å². The van der Waals surface area contributed by atoms with Crippen LogP contribution in [-0.4, -0.2) is 39.1 Å². The van der Waals surface area contributed by atoms with Crippen LogP contribution in [0, 0.1) is 5.92 Å². The molecule has 1 atom stereocenters. The quantitative estimate of drug-likeness (QED) is 0.728. The summed E-state index contributed by atoms with van der Waals surface area (Å²) in [5.74, 6) is 0.676. The molecule has 132 valence electrons. The van der Waals surface area contributed by atoms with Gasteiger partial charge in [0.2, 0.25) is 0 Å². The van der Waals surface area contributed by atoms with Gasteiger partial charge in [0.1, 0.15) is 0 Å². The minimum absolute atomic E-state index is 0.0670. The zero-order valence-electron chi connectivity index (χ0n) is 14.7. The summed E-state index contributed by atoms with van der Waals surface area (Å²) in [7, 11) is 0. The molecule has 0 N–H and O–H groups in total. The van der Waals surface area contributed by atoms with Crippen molar-refractivity contribution in [1.82, 2.24) is 20.1 Å². The molecule has 5 heteroatoms. The van der Waals surface area contributed by atoms with E-state index >= 15 is 0 Å². The molecule has 1 aromatic carbocycles. The van der Waals surface area contributed by atoms with Crippen molar-refractivity contribution in [2.75, 3.05) is 13.1 Å². The maximum Gasteiger partial charge on any atom is 0.255 e. The molecule has 1 fully saturated rings. The molecule has 0 spiro atoms. The molecule has 26 heavy (non-hydrogen) atoms. The summed E-state index contributed by atoms with van der Waals surface area (Å²) in [5, 5.41) is 8.76. The first-order chi connectivity index (χ1) is 12.8. The van der Waals surface area contributed by atoms with Gasteiger partial charge in [-0.2, -0.15) is 10.2 Å². The predicted octanol–water partition coefficient (Wildman–Crippen LogP) is 3.51. The number of fused-ring (bicyclic) bond motifs is 1. The number of pyridine rings is 1. The van der Waals surface area contributed by atoms with Crippen LogP contribution in [0.5, 0.6) is 0 Å². The fraction of sp³-hybridized carbons (Fsp3) is 0.333. The van der Waals surface area contributed by atoms with Crippen LogP contribution in [0.3, 0.4) is 0 Å². The Balaban J connectivity index is 1.41. The van der Waals surface area contributed by atoms with Crippen molar-refractivity contribution < 1.29 is 4.79 Å². The van der Waals surface area contributed by atoms with E-state index in [-0.39, 0.29) is 5.91 Å². The summed E-state index contributed by atoms with van der Waals surface area (Å²) in [4.78, 5) is 19.0. The van der Waals surface area contributed by atoms with Gasteiger partial charge in [0, 0.05) is 24.7 Å². The van der Waals surface area contributed by atoms with Crippen LogP contribution in [0.25, 0.3) is 10.9 Å². The van der Waals surface area contributed by atoms with Crippen molar-refractivity contribution in [3.8, 4) is 0 Å². The van der Waals surface area contributed by atoms with Crippen LogP contribution in [0.2, 0.25) is 0 Å². The van der Waals surface area contributed by atoms with Crippen LogP contribution < -0.4 is 0 Å². The van der Waals surface area contributed by atoms with Crippen LogP contribution in [0.15, 0.2) is 55.0 Å². The van der Waals surface area contributed by atoms with E-state index in [9.17, 15) is 4.79 Å². The fourth-order valence-electron chi connectivity index (χ4n) is 3.76. The number of nitrogens with zero attached hydrogens (tertiary/aromatic N) is 4. The molecule has 0 unspecified atom stereocenters. The highest BCUT2D eigenvalue weighted by molar-refractivity contribution is 5.93. The fourth-order valence-corrected chi connectivity index (χ4v) is 3.76. The topological polar surface area (TPSA) is 59.0 Å². The second-order valence-electron chi connectivity index (χ2n) is 6.95. The maximum atomic E-state index is 12.6. The van der Waals surface area contributed by atoms with Crippen LogP contribution >= 0.6 is 0 Å². The Morgan fingerprint density at radius 2 is 2.04 bits per heavy atom. The van der Waals surface area contributed by atoms with Gasteiger partial charge in [0.05, 0.1) is 23.5 Å². The molecule has 5 nitrogen and oxygen atoms in total. The number of rotatable bonds is 3. The summed E-state index contributed by atoms with van der Waals surface area (Å²) in [6, 6.07) is 12.4. The number of aromatic nitrogens is 3. The van der Waals surface area contributed by atoms with E-state index in [1.165, 1.54) is 10.9 Å². The number of hydrogen-bond donors (Lipinski definition) is 0. The molecule has 3 aromatic rings. The molecule has 0 bridgehead atoms. The Labute approximate surface area is 153 Å². The lowest BCUT2D eigenvalue weighted by Gasteiger charge is -2.20. The Hall–Kier alpha value is -2.82. The van der Waals surface area contributed by atoms with E-state index in [4.69, 9.17) is 0 Å². The van der Waals surface area contributed by atoms with Crippen molar-refractivity contribution in [3.63, 3.8) is 0 Å². The lowest BCUT2D eigenvalue weighted by atomic mass is 9.92. The second-order valence-corrected chi connectivity index (χ2v) is 6.95. The van der Waals surface area contributed by atoms with Gasteiger partial charge < -0.3 is 4.90 Å². The second kappa shape index (κ2) is 7.60. The SMILES string of the molecule is O=C(c1ccnnc1)N1CCC[C@H](Cc2ccc3ncccc3c2)CC1. The van der Waals surface area contributed by atoms with Gasteiger partial charge in [0.25, 0.3) is 5.91 Å². The Morgan fingerprint density at radius 3 is 2.92 bits per heavy atom. The van der Waals surface area contributed by atoms with Gasteiger partial charge in [-0.1, -0.05) is 12.1 Å². The monoisotopic (exact) mass is 346 g/mol. The van der Waals surface area contributed by atoms with Gasteiger partial charge in [-0.25, -0.2) is 0 Å². The van der Waals surface area contributed by atoms with Gasteiger partial charge in [-0.05, 0) is 61.4 Å². The standard InChI is InChI=1S/C21H22N4O/c26-21(19-7-10-23-24-15-19)25-11-2-3-16(8-12-25)13-17-5-6-20-18(14-17)4-1-9-22-20/h1,4-7,9-10,14-16H,2-3,8,11-13H2/t16-/m0/s1. The zero-order valence-corrected chi connectivity index (χ0v) is 14.7. The average molecular weight is 346 g/mol. The summed E-state index contributed by atoms with van der Waals surface area (Å²) >= 11 is 0. The van der Waals surface area contributed by atoms with Crippen LogP contribution in [-0.2, 0) is 6.42 Å². The van der Waals surface area contributed by atoms with Crippen molar-refractivity contribution in [2.24, 2.45) is 5.92 Å². The van der Waals surface area contributed by atoms with Gasteiger partial charge in [-0.3, -0.25) is 9.78 Å². The molecule has 1 aliphatic rings. The van der Waals surface area contributed by atoms with E-state index in [0.29, 0.717) is 11.5 Å². The minimum Gasteiger partial charge on any atom is -0.339 e. The highest BCUT2D eigenvalue weighted by Gasteiger charge is 2.22. The highest BCUT2D eigenvalue weighted by Crippen LogP contribution is 2.24. The molecule has 1 amide bonds. The summed E-state index contributed by atoms with van der Waals surface area (Å²) in [6.45, 7) is 1.63. The Bertz CT molecular complexity index is 897. The number of amides is 1. The number of likely N-dealkylation sites (tertiary alicyclic amines) is 1. The van der Waals surface area contributed by atoms with Crippen molar-refractivity contribution >= 4 is 16.8 Å². The van der Waals surface area contributed by atoms with Crippen molar-refractivity contribution in [1.29, 1.82) is 0 Å². The molecule has 0 radical (unpaired) electrons. The van der Waals surface area contributed by atoms with Crippen molar-refractivity contribution in [2.45, 2.75) is 25.7 Å². The number of carbonyl (C=O) groups is 1. The first-order valence-electron chi connectivity index (χ1n) is 9.19. The lowest BCUT2D eigenvalue weighted by molar-refractivity contribution is 0.0759. The third-order valence-corrected chi connectivity index (χ3v) is 5.16. The predicted molar refractivity (Wildman–Crippen MR) is 101 cm³/mol. The van der Waals surface area contributed by atoms with E-state index in [0.717, 1.165) is 44.3 Å². The van der Waals surface area contributed by atoms with Crippen LogP contribution in [0.1, 0.15) is 35.2 Å². The molecule has 0 aliphatic carbocycles. The smallest absolute Gasteiger partial charge is 0.255 e. The Morgan fingerprint density at radius 1 is 1.08 bits per heavy atom. The zero-order chi connectivity index (χ0) is 17.8. The van der Waals surface area contributed by atoms with Crippen LogP contribution in [0.4, 0.5) is 0 Å². The third kappa shape index (κ3) is 3.72. The summed E-state index contributed by atoms with van der Waals surface area (Å²) in [5.41, 5.74) is 3.02. The largest absolute Gasteiger partial charge is 0.339 e.